The number of carbonyl (C=O) groups excluding carboxylic acids is 2. The number of aryl methyl sites for hydroxylation is 1. The van der Waals surface area contributed by atoms with Gasteiger partial charge in [0.1, 0.15) is 18.7 Å². The molecule has 4 saturated carbocycles. The molecule has 4 nitrogen and oxygen atoms in total. The Morgan fingerprint density at radius 2 is 1.63 bits per heavy atom. The monoisotopic (exact) mass is 560 g/mol. The molecule has 0 unspecified atom stereocenters. The smallest absolute Gasteiger partial charge is 0.344 e. The number of esters is 1. The van der Waals surface area contributed by atoms with Gasteiger partial charge in [-0.25, -0.2) is 9.36 Å². The van der Waals surface area contributed by atoms with Gasteiger partial charge in [-0.05, 0) is 109 Å². The number of ketones is 1. The van der Waals surface area contributed by atoms with Crippen molar-refractivity contribution in [3.63, 3.8) is 0 Å². The predicted octanol–water partition coefficient (Wildman–Crippen LogP) is 8.04. The van der Waals surface area contributed by atoms with E-state index in [1.807, 2.05) is 36.1 Å². The minimum absolute atomic E-state index is 0.0209. The van der Waals surface area contributed by atoms with Gasteiger partial charge in [0.2, 0.25) is 0 Å². The van der Waals surface area contributed by atoms with Crippen LogP contribution in [0.5, 0.6) is 0 Å². The van der Waals surface area contributed by atoms with Crippen LogP contribution in [0.15, 0.2) is 36.2 Å². The van der Waals surface area contributed by atoms with Gasteiger partial charge in [-0.3, -0.25) is 4.79 Å². The number of allylic oxidation sites excluding steroid dienone is 2. The van der Waals surface area contributed by atoms with E-state index in [0.717, 1.165) is 25.7 Å². The lowest BCUT2D eigenvalue weighted by Gasteiger charge is -2.70. The highest BCUT2D eigenvalue weighted by Crippen LogP contribution is 2.75. The maximum atomic E-state index is 14.6. The molecule has 0 saturated heterocycles. The summed E-state index contributed by atoms with van der Waals surface area (Å²) in [5.74, 6) is 1.02. The first kappa shape index (κ1) is 29.1. The SMILES string of the molecule is C[n+]1cccc(C(=O)O[C@H]2CC[C@]3(C)[C@H]4C(=O)C=C5[C@@H]6CC(C)(C)CC[C@]6(C)CC[C@@]5(C)[C@]4(C)CC[C@H]3C2(C)C)c1. The van der Waals surface area contributed by atoms with Crippen LogP contribution in [0.4, 0.5) is 0 Å². The zero-order valence-electron chi connectivity index (χ0n) is 27.2. The van der Waals surface area contributed by atoms with E-state index in [-0.39, 0.29) is 39.7 Å². The molecule has 1 aromatic heterocycles. The average Bonchev–Trinajstić information content (AvgIpc) is 2.88. The fourth-order valence-corrected chi connectivity index (χ4v) is 11.4. The highest BCUT2D eigenvalue weighted by molar-refractivity contribution is 5.95. The molecule has 4 fully saturated rings. The van der Waals surface area contributed by atoms with E-state index >= 15 is 0 Å². The predicted molar refractivity (Wildman–Crippen MR) is 162 cm³/mol. The van der Waals surface area contributed by atoms with Gasteiger partial charge in [0.05, 0.1) is 0 Å². The number of nitrogens with zero attached hydrogens (tertiary/aromatic N) is 1. The van der Waals surface area contributed by atoms with E-state index in [1.165, 1.54) is 37.7 Å². The number of pyridine rings is 1. The molecule has 0 spiro atoms. The van der Waals surface area contributed by atoms with Crippen LogP contribution >= 0.6 is 0 Å². The molecule has 1 aromatic rings. The van der Waals surface area contributed by atoms with Crippen molar-refractivity contribution in [3.8, 4) is 0 Å². The van der Waals surface area contributed by atoms with E-state index in [0.29, 0.717) is 34.0 Å². The molecular formula is C37H54NO3+. The second-order valence-electron chi connectivity index (χ2n) is 17.4. The molecule has 4 heteroatoms. The minimum atomic E-state index is -0.238. The number of carbonyl (C=O) groups is 2. The fraction of sp³-hybridized carbons (Fsp3) is 0.757. The lowest BCUT2D eigenvalue weighted by molar-refractivity contribution is -0.671. The highest BCUT2D eigenvalue weighted by Gasteiger charge is 2.70. The van der Waals surface area contributed by atoms with E-state index < -0.39 is 0 Å². The molecule has 0 aromatic carbocycles. The van der Waals surface area contributed by atoms with Crippen LogP contribution < -0.4 is 4.57 Å². The van der Waals surface area contributed by atoms with Crippen LogP contribution in [0.25, 0.3) is 0 Å². The second-order valence-corrected chi connectivity index (χ2v) is 17.4. The number of hydrogen-bond acceptors (Lipinski definition) is 3. The van der Waals surface area contributed by atoms with Gasteiger partial charge in [0.25, 0.3) is 0 Å². The summed E-state index contributed by atoms with van der Waals surface area (Å²) in [6, 6.07) is 3.73. The molecule has 0 N–H and O–H groups in total. The van der Waals surface area contributed by atoms with E-state index in [2.05, 4.69) is 61.5 Å². The Balaban J connectivity index is 1.33. The number of rotatable bonds is 2. The van der Waals surface area contributed by atoms with Gasteiger partial charge in [-0.2, -0.15) is 0 Å². The Bertz CT molecular complexity index is 1310. The Labute approximate surface area is 248 Å². The third kappa shape index (κ3) is 4.08. The molecule has 5 aliphatic carbocycles. The first-order valence-electron chi connectivity index (χ1n) is 16.4. The molecule has 1 heterocycles. The third-order valence-electron chi connectivity index (χ3n) is 14.2. The van der Waals surface area contributed by atoms with Crippen LogP contribution in [0.3, 0.4) is 0 Å². The molecule has 0 bridgehead atoms. The van der Waals surface area contributed by atoms with Gasteiger partial charge >= 0.3 is 5.97 Å². The highest BCUT2D eigenvalue weighted by atomic mass is 16.5. The maximum absolute atomic E-state index is 14.6. The van der Waals surface area contributed by atoms with Crippen molar-refractivity contribution in [1.82, 2.24) is 0 Å². The fourth-order valence-electron chi connectivity index (χ4n) is 11.4. The Kier molecular flexibility index (Phi) is 6.41. The van der Waals surface area contributed by atoms with E-state index in [4.69, 9.17) is 4.74 Å². The minimum Gasteiger partial charge on any atom is -0.458 e. The Morgan fingerprint density at radius 3 is 2.34 bits per heavy atom. The summed E-state index contributed by atoms with van der Waals surface area (Å²) < 4.78 is 8.17. The molecular weight excluding hydrogens is 506 g/mol. The zero-order chi connectivity index (χ0) is 29.8. The summed E-state index contributed by atoms with van der Waals surface area (Å²) in [4.78, 5) is 27.8. The standard InChI is InChI=1S/C37H54NO3/c1-32(2)16-17-34(5)18-19-36(7)25(26(34)22-32)21-27(39)30-35(6)14-13-29(33(3,4)28(35)12-15-37(30,36)8)41-31(40)24-11-10-20-38(9)23-24/h10-11,20-21,23,26,28-30H,12-19,22H2,1-9H3/q+1/t26-,28-,29-,30+,34+,35-,36+,37+/m0/s1. The molecule has 0 aliphatic heterocycles. The van der Waals surface area contributed by atoms with Crippen molar-refractivity contribution in [2.75, 3.05) is 0 Å². The summed E-state index contributed by atoms with van der Waals surface area (Å²) in [5, 5.41) is 0. The largest absolute Gasteiger partial charge is 0.458 e. The first-order valence-corrected chi connectivity index (χ1v) is 16.4. The van der Waals surface area contributed by atoms with Crippen molar-refractivity contribution >= 4 is 11.8 Å². The van der Waals surface area contributed by atoms with Crippen LogP contribution in [0, 0.1) is 50.2 Å². The van der Waals surface area contributed by atoms with Gasteiger partial charge in [-0.15, -0.1) is 0 Å². The molecule has 8 atom stereocenters. The Hall–Kier alpha value is -1.97. The Morgan fingerprint density at radius 1 is 0.927 bits per heavy atom. The van der Waals surface area contributed by atoms with Gasteiger partial charge < -0.3 is 4.74 Å². The van der Waals surface area contributed by atoms with Crippen molar-refractivity contribution in [3.05, 3.63) is 41.7 Å². The summed E-state index contributed by atoms with van der Waals surface area (Å²) in [6.07, 6.45) is 16.0. The van der Waals surface area contributed by atoms with Gasteiger partial charge in [-0.1, -0.05) is 61.0 Å². The zero-order valence-corrected chi connectivity index (χ0v) is 27.2. The normalized spacial score (nSPS) is 44.4. The van der Waals surface area contributed by atoms with E-state index in [9.17, 15) is 9.59 Å². The van der Waals surface area contributed by atoms with E-state index in [1.54, 1.807) is 0 Å². The topological polar surface area (TPSA) is 47.2 Å². The van der Waals surface area contributed by atoms with Crippen molar-refractivity contribution < 1.29 is 18.9 Å². The maximum Gasteiger partial charge on any atom is 0.344 e. The van der Waals surface area contributed by atoms with Crippen molar-refractivity contribution in [1.29, 1.82) is 0 Å². The number of fused-ring (bicyclic) bond motifs is 7. The lowest BCUT2D eigenvalue weighted by atomic mass is 9.33. The van der Waals surface area contributed by atoms with Gasteiger partial charge in [0, 0.05) is 17.4 Å². The first-order chi connectivity index (χ1) is 19.0. The third-order valence-corrected chi connectivity index (χ3v) is 14.2. The molecule has 224 valence electrons. The molecule has 41 heavy (non-hydrogen) atoms. The van der Waals surface area contributed by atoms with Gasteiger partial charge in [0.15, 0.2) is 18.2 Å². The summed E-state index contributed by atoms with van der Waals surface area (Å²) in [7, 11) is 1.93. The van der Waals surface area contributed by atoms with Crippen LogP contribution in [-0.2, 0) is 16.6 Å². The summed E-state index contributed by atoms with van der Waals surface area (Å²) in [6.45, 7) is 19.5. The number of hydrogen-bond donors (Lipinski definition) is 0. The van der Waals surface area contributed by atoms with Crippen LogP contribution in [0.1, 0.15) is 124 Å². The molecule has 0 amide bonds. The summed E-state index contributed by atoms with van der Waals surface area (Å²) >= 11 is 0. The van der Waals surface area contributed by atoms with Crippen LogP contribution in [-0.4, -0.2) is 17.9 Å². The average molecular weight is 561 g/mol. The molecule has 6 rings (SSSR count). The van der Waals surface area contributed by atoms with Crippen molar-refractivity contribution in [2.45, 2.75) is 119 Å². The molecule has 5 aliphatic rings. The summed E-state index contributed by atoms with van der Waals surface area (Å²) in [5.41, 5.74) is 2.48. The second kappa shape index (κ2) is 9.02. The lowest BCUT2D eigenvalue weighted by Crippen LogP contribution is -2.66. The van der Waals surface area contributed by atoms with Crippen LogP contribution in [0.2, 0.25) is 0 Å². The number of aromatic nitrogens is 1. The van der Waals surface area contributed by atoms with Crippen molar-refractivity contribution in [2.24, 2.45) is 57.3 Å². The number of ether oxygens (including phenoxy) is 1. The quantitative estimate of drug-likeness (QED) is 0.272. The molecule has 0 radical (unpaired) electrons.